The SMILES string of the molecule is CN=C(N)c1ccc2c(=O)n(-c3ccc(CC(=O)CS(=O)(=O)c4ccc(Cl)s4)cn3)c(C)nc2c1. The average molecular weight is 530 g/mol. The molecule has 3 aromatic heterocycles. The monoisotopic (exact) mass is 529 g/mol. The standard InChI is InChI=1S/C23H20ClN5O4S2/c1-13-28-18-10-15(22(25)26-2)4-5-17(18)23(31)29(13)20-7-3-14(11-27-20)9-16(30)12-35(32,33)21-8-6-19(24)34-21/h3-8,10-11H,9,12H2,1-2H3,(H2,25,26). The van der Waals surface area contributed by atoms with Crippen molar-refractivity contribution in [3.63, 3.8) is 0 Å². The zero-order valence-corrected chi connectivity index (χ0v) is 21.1. The summed E-state index contributed by atoms with van der Waals surface area (Å²) in [6, 6.07) is 11.1. The van der Waals surface area contributed by atoms with E-state index in [1.165, 1.54) is 22.9 Å². The van der Waals surface area contributed by atoms with Gasteiger partial charge in [0.2, 0.25) is 0 Å². The number of nitrogens with zero attached hydrogens (tertiary/aromatic N) is 4. The summed E-state index contributed by atoms with van der Waals surface area (Å²) in [5.41, 5.74) is 7.24. The van der Waals surface area contributed by atoms with Crippen molar-refractivity contribution < 1.29 is 13.2 Å². The molecule has 0 saturated carbocycles. The molecule has 0 bridgehead atoms. The molecule has 0 atom stereocenters. The predicted octanol–water partition coefficient (Wildman–Crippen LogP) is 2.72. The van der Waals surface area contributed by atoms with Crippen LogP contribution in [0.4, 0.5) is 0 Å². The first-order chi connectivity index (χ1) is 16.6. The van der Waals surface area contributed by atoms with Gasteiger partial charge in [-0.2, -0.15) is 0 Å². The fourth-order valence-corrected chi connectivity index (χ4v) is 6.35. The Hall–Kier alpha value is -3.41. The van der Waals surface area contributed by atoms with Crippen molar-refractivity contribution in [2.75, 3.05) is 12.8 Å². The van der Waals surface area contributed by atoms with E-state index >= 15 is 0 Å². The lowest BCUT2D eigenvalue weighted by atomic mass is 10.1. The van der Waals surface area contributed by atoms with Crippen LogP contribution >= 0.6 is 22.9 Å². The number of nitrogens with two attached hydrogens (primary N) is 1. The number of hydrogen-bond acceptors (Lipinski definition) is 8. The van der Waals surface area contributed by atoms with E-state index in [9.17, 15) is 18.0 Å². The predicted molar refractivity (Wildman–Crippen MR) is 137 cm³/mol. The second kappa shape index (κ2) is 9.68. The lowest BCUT2D eigenvalue weighted by Crippen LogP contribution is -2.24. The molecule has 180 valence electrons. The number of hydrogen-bond donors (Lipinski definition) is 1. The van der Waals surface area contributed by atoms with Gasteiger partial charge in [0, 0.05) is 25.2 Å². The molecule has 2 N–H and O–H groups in total. The van der Waals surface area contributed by atoms with Gasteiger partial charge in [-0.15, -0.1) is 11.3 Å². The van der Waals surface area contributed by atoms with E-state index in [-0.39, 0.29) is 16.2 Å². The van der Waals surface area contributed by atoms with Crippen molar-refractivity contribution in [1.29, 1.82) is 0 Å². The molecule has 0 fully saturated rings. The molecule has 0 radical (unpaired) electrons. The van der Waals surface area contributed by atoms with Crippen molar-refractivity contribution in [1.82, 2.24) is 14.5 Å². The molecule has 0 unspecified atom stereocenters. The summed E-state index contributed by atoms with van der Waals surface area (Å²) in [5, 5.41) is 0.392. The highest BCUT2D eigenvalue weighted by Crippen LogP contribution is 2.26. The molecule has 1 aromatic carbocycles. The molecular formula is C23H20ClN5O4S2. The van der Waals surface area contributed by atoms with Gasteiger partial charge in [-0.3, -0.25) is 14.6 Å². The van der Waals surface area contributed by atoms with Crippen LogP contribution in [0.1, 0.15) is 17.0 Å². The van der Waals surface area contributed by atoms with Gasteiger partial charge in [0.05, 0.1) is 15.2 Å². The highest BCUT2D eigenvalue weighted by atomic mass is 35.5. The smallest absolute Gasteiger partial charge is 0.267 e. The van der Waals surface area contributed by atoms with Crippen molar-refractivity contribution in [3.05, 3.63) is 80.3 Å². The van der Waals surface area contributed by atoms with Crippen LogP contribution in [-0.2, 0) is 21.1 Å². The number of fused-ring (bicyclic) bond motifs is 1. The van der Waals surface area contributed by atoms with Gasteiger partial charge in [-0.1, -0.05) is 23.7 Å². The Bertz CT molecular complexity index is 1640. The topological polar surface area (TPSA) is 137 Å². The Balaban J connectivity index is 1.57. The second-order valence-corrected chi connectivity index (χ2v) is 11.6. The van der Waals surface area contributed by atoms with Gasteiger partial charge >= 0.3 is 0 Å². The molecule has 0 aliphatic carbocycles. The number of aryl methyl sites for hydroxylation is 1. The van der Waals surface area contributed by atoms with Gasteiger partial charge in [0.25, 0.3) is 5.56 Å². The molecule has 3 heterocycles. The third kappa shape index (κ3) is 5.16. The van der Waals surface area contributed by atoms with Gasteiger partial charge in [-0.25, -0.2) is 23.0 Å². The molecule has 12 heteroatoms. The van der Waals surface area contributed by atoms with Gasteiger partial charge in [0.15, 0.2) is 15.6 Å². The second-order valence-electron chi connectivity index (χ2n) is 7.70. The van der Waals surface area contributed by atoms with E-state index in [0.29, 0.717) is 43.8 Å². The number of carbonyl (C=O) groups excluding carboxylic acids is 1. The number of benzene rings is 1. The van der Waals surface area contributed by atoms with Crippen LogP contribution in [-0.4, -0.2) is 47.4 Å². The Morgan fingerprint density at radius 2 is 1.97 bits per heavy atom. The highest BCUT2D eigenvalue weighted by Gasteiger charge is 2.21. The summed E-state index contributed by atoms with van der Waals surface area (Å²) in [4.78, 5) is 38.3. The number of rotatable bonds is 7. The highest BCUT2D eigenvalue weighted by molar-refractivity contribution is 7.94. The summed E-state index contributed by atoms with van der Waals surface area (Å²) in [7, 11) is -2.18. The molecule has 4 rings (SSSR count). The first-order valence-corrected chi connectivity index (χ1v) is 13.1. The van der Waals surface area contributed by atoms with Crippen LogP contribution in [0.25, 0.3) is 16.7 Å². The lowest BCUT2D eigenvalue weighted by Gasteiger charge is -2.11. The van der Waals surface area contributed by atoms with Crippen molar-refractivity contribution in [3.8, 4) is 5.82 Å². The number of Topliss-reactive ketones (excluding diaryl/α,β-unsaturated/α-hetero) is 1. The minimum Gasteiger partial charge on any atom is -0.384 e. The number of aromatic nitrogens is 3. The Kier molecular flexibility index (Phi) is 6.84. The van der Waals surface area contributed by atoms with Crippen molar-refractivity contribution in [2.24, 2.45) is 10.7 Å². The van der Waals surface area contributed by atoms with Crippen LogP contribution < -0.4 is 11.3 Å². The van der Waals surface area contributed by atoms with Crippen LogP contribution in [0.2, 0.25) is 4.34 Å². The maximum atomic E-state index is 13.1. The van der Waals surface area contributed by atoms with Crippen molar-refractivity contribution in [2.45, 2.75) is 17.6 Å². The molecular weight excluding hydrogens is 510 g/mol. The molecule has 4 aromatic rings. The summed E-state index contributed by atoms with van der Waals surface area (Å²) < 4.78 is 26.6. The van der Waals surface area contributed by atoms with E-state index in [1.807, 2.05) is 0 Å². The number of ketones is 1. The summed E-state index contributed by atoms with van der Waals surface area (Å²) in [6.45, 7) is 1.69. The van der Waals surface area contributed by atoms with Crippen molar-refractivity contribution >= 4 is 55.3 Å². The van der Waals surface area contributed by atoms with E-state index in [0.717, 1.165) is 11.3 Å². The maximum absolute atomic E-state index is 13.1. The Morgan fingerprint density at radius 1 is 1.20 bits per heavy atom. The number of amidine groups is 1. The molecule has 0 saturated heterocycles. The third-order valence-corrected chi connectivity index (χ3v) is 8.71. The minimum atomic E-state index is -3.76. The quantitative estimate of drug-likeness (QED) is 0.287. The number of sulfone groups is 1. The third-order valence-electron chi connectivity index (χ3n) is 5.22. The number of carbonyl (C=O) groups is 1. The van der Waals surface area contributed by atoms with E-state index < -0.39 is 21.4 Å². The van der Waals surface area contributed by atoms with Crippen LogP contribution in [0.5, 0.6) is 0 Å². The van der Waals surface area contributed by atoms with Crippen LogP contribution in [0.15, 0.2) is 62.7 Å². The number of thiophene rings is 1. The summed E-state index contributed by atoms with van der Waals surface area (Å²) in [6.07, 6.45) is 1.33. The number of halogens is 1. The summed E-state index contributed by atoms with van der Waals surface area (Å²) >= 11 is 6.71. The molecule has 0 spiro atoms. The fourth-order valence-electron chi connectivity index (χ4n) is 3.54. The minimum absolute atomic E-state index is 0.0553. The van der Waals surface area contributed by atoms with Gasteiger partial charge in [0.1, 0.15) is 27.4 Å². The number of pyridine rings is 1. The first kappa shape index (κ1) is 24.7. The van der Waals surface area contributed by atoms with Gasteiger partial charge in [-0.05, 0) is 42.8 Å². The largest absolute Gasteiger partial charge is 0.384 e. The average Bonchev–Trinajstić information content (AvgIpc) is 3.26. The maximum Gasteiger partial charge on any atom is 0.267 e. The fraction of sp³-hybridized carbons (Fsp3) is 0.174. The molecule has 9 nitrogen and oxygen atoms in total. The van der Waals surface area contributed by atoms with E-state index in [4.69, 9.17) is 17.3 Å². The van der Waals surface area contributed by atoms with E-state index in [2.05, 4.69) is 15.0 Å². The van der Waals surface area contributed by atoms with Gasteiger partial charge < -0.3 is 5.73 Å². The molecule has 0 amide bonds. The molecule has 0 aliphatic rings. The van der Waals surface area contributed by atoms with Crippen LogP contribution in [0.3, 0.4) is 0 Å². The zero-order chi connectivity index (χ0) is 25.3. The summed E-state index contributed by atoms with van der Waals surface area (Å²) in [5.74, 6) is -0.0141. The number of aliphatic imine (C=N–C) groups is 1. The molecule has 35 heavy (non-hydrogen) atoms. The first-order valence-electron chi connectivity index (χ1n) is 10.3. The normalized spacial score (nSPS) is 12.3. The molecule has 0 aliphatic heterocycles. The van der Waals surface area contributed by atoms with E-state index in [1.54, 1.807) is 44.3 Å². The van der Waals surface area contributed by atoms with Crippen LogP contribution in [0, 0.1) is 6.92 Å². The zero-order valence-electron chi connectivity index (χ0n) is 18.7. The Labute approximate surface area is 209 Å². The Morgan fingerprint density at radius 3 is 2.60 bits per heavy atom. The lowest BCUT2D eigenvalue weighted by molar-refractivity contribution is -0.116.